The monoisotopic (exact) mass is 405 g/mol. The van der Waals surface area contributed by atoms with Gasteiger partial charge in [0.05, 0.1) is 13.2 Å². The molecule has 0 heterocycles. The number of esters is 1. The van der Waals surface area contributed by atoms with Crippen molar-refractivity contribution in [3.63, 3.8) is 0 Å². The molecule has 29 heavy (non-hydrogen) atoms. The van der Waals surface area contributed by atoms with Gasteiger partial charge in [0.15, 0.2) is 0 Å². The summed E-state index contributed by atoms with van der Waals surface area (Å²) in [5, 5.41) is 11.3. The zero-order chi connectivity index (χ0) is 21.0. The Bertz CT molecular complexity index is 623. The zero-order valence-electron chi connectivity index (χ0n) is 19.0. The molecule has 0 aliphatic heterocycles. The Labute approximate surface area is 177 Å². The van der Waals surface area contributed by atoms with Crippen LogP contribution in [0.15, 0.2) is 0 Å². The van der Waals surface area contributed by atoms with Gasteiger partial charge in [-0.1, -0.05) is 20.8 Å². The molecule has 4 aliphatic rings. The summed E-state index contributed by atoms with van der Waals surface area (Å²) in [6.45, 7) is 7.38. The Balaban J connectivity index is 1.53. The molecule has 3 N–H and O–H groups in total. The van der Waals surface area contributed by atoms with Crippen LogP contribution in [-0.4, -0.2) is 30.3 Å². The summed E-state index contributed by atoms with van der Waals surface area (Å²) in [6, 6.07) is 0.331. The number of aliphatic hydroxyl groups is 1. The molecule has 0 saturated heterocycles. The molecule has 4 aliphatic carbocycles. The topological polar surface area (TPSA) is 72.5 Å². The maximum absolute atomic E-state index is 11.7. The molecule has 4 rings (SSSR count). The first kappa shape index (κ1) is 21.6. The fourth-order valence-corrected chi connectivity index (χ4v) is 8.88. The lowest BCUT2D eigenvalue weighted by Gasteiger charge is -2.62. The molecule has 0 bridgehead atoms. The summed E-state index contributed by atoms with van der Waals surface area (Å²) in [6.07, 6.45) is 10.8. The Morgan fingerprint density at radius 2 is 1.79 bits per heavy atom. The van der Waals surface area contributed by atoms with Gasteiger partial charge in [-0.3, -0.25) is 4.79 Å². The summed E-state index contributed by atoms with van der Waals surface area (Å²) in [4.78, 5) is 11.7. The Morgan fingerprint density at radius 3 is 2.52 bits per heavy atom. The lowest BCUT2D eigenvalue weighted by atomic mass is 9.43. The number of carbonyl (C=O) groups excluding carboxylic acids is 1. The smallest absolute Gasteiger partial charge is 0.305 e. The number of hydrogen-bond donors (Lipinski definition) is 2. The average Bonchev–Trinajstić information content (AvgIpc) is 3.04. The van der Waals surface area contributed by atoms with Gasteiger partial charge in [-0.15, -0.1) is 0 Å². The van der Waals surface area contributed by atoms with E-state index < -0.39 is 0 Å². The molecular weight excluding hydrogens is 362 g/mol. The van der Waals surface area contributed by atoms with Crippen molar-refractivity contribution < 1.29 is 14.6 Å². The summed E-state index contributed by atoms with van der Waals surface area (Å²) < 4.78 is 4.87. The fourth-order valence-electron chi connectivity index (χ4n) is 8.88. The summed E-state index contributed by atoms with van der Waals surface area (Å²) in [5.74, 6) is 3.47. The predicted octanol–water partition coefficient (Wildman–Crippen LogP) is 4.53. The van der Waals surface area contributed by atoms with Crippen molar-refractivity contribution in [2.45, 2.75) is 97.1 Å². The van der Waals surface area contributed by atoms with Crippen LogP contribution in [0.3, 0.4) is 0 Å². The number of nitrogens with two attached hydrogens (primary N) is 1. The van der Waals surface area contributed by atoms with Crippen LogP contribution in [0.5, 0.6) is 0 Å². The van der Waals surface area contributed by atoms with E-state index in [-0.39, 0.29) is 12.1 Å². The molecule has 0 aromatic heterocycles. The van der Waals surface area contributed by atoms with Gasteiger partial charge in [-0.05, 0) is 104 Å². The highest BCUT2D eigenvalue weighted by Gasteiger charge is 2.62. The minimum atomic E-state index is -0.155. The first-order valence-corrected chi connectivity index (χ1v) is 12.2. The molecule has 4 heteroatoms. The van der Waals surface area contributed by atoms with Crippen molar-refractivity contribution >= 4 is 5.97 Å². The highest BCUT2D eigenvalue weighted by Crippen LogP contribution is 2.68. The molecule has 0 spiro atoms. The molecule has 7 unspecified atom stereocenters. The minimum Gasteiger partial charge on any atom is -0.469 e. The lowest BCUT2D eigenvalue weighted by Crippen LogP contribution is -2.59. The van der Waals surface area contributed by atoms with Crippen LogP contribution in [-0.2, 0) is 9.53 Å². The van der Waals surface area contributed by atoms with Gasteiger partial charge >= 0.3 is 5.97 Å². The van der Waals surface area contributed by atoms with E-state index in [2.05, 4.69) is 20.8 Å². The van der Waals surface area contributed by atoms with Crippen molar-refractivity contribution in [2.24, 2.45) is 52.1 Å². The maximum Gasteiger partial charge on any atom is 0.305 e. The van der Waals surface area contributed by atoms with Crippen LogP contribution in [0, 0.1) is 46.3 Å². The number of ether oxygens (including phenoxy) is 1. The number of methoxy groups -OCH3 is 1. The Morgan fingerprint density at radius 1 is 1.10 bits per heavy atom. The second kappa shape index (κ2) is 7.82. The predicted molar refractivity (Wildman–Crippen MR) is 115 cm³/mol. The van der Waals surface area contributed by atoms with E-state index in [1.807, 2.05) is 0 Å². The van der Waals surface area contributed by atoms with Gasteiger partial charge < -0.3 is 15.6 Å². The SMILES string of the molecule is COC(=O)CCC(C)[C@H]1CCC2C3C(O)CC4CC(N)CC[C@]4(C)C3CC[C@@]21C. The standard InChI is InChI=1S/C25H43NO3/c1-15(5-8-22(28)29-4)18-6-7-19-23-20(10-12-25(18,19)3)24(2)11-9-17(26)13-16(24)14-21(23)27/h15-21,23,27H,5-14,26H2,1-4H3/t15?,16?,17?,18-,19?,20?,21?,23?,24+,25-/m1/s1. The third kappa shape index (κ3) is 3.46. The lowest BCUT2D eigenvalue weighted by molar-refractivity contribution is -0.166. The average molecular weight is 406 g/mol. The largest absolute Gasteiger partial charge is 0.469 e. The van der Waals surface area contributed by atoms with Crippen molar-refractivity contribution in [1.82, 2.24) is 0 Å². The quantitative estimate of drug-likeness (QED) is 0.674. The summed E-state index contributed by atoms with van der Waals surface area (Å²) in [5.41, 5.74) is 7.00. The van der Waals surface area contributed by atoms with Crippen LogP contribution in [0.25, 0.3) is 0 Å². The third-order valence-corrected chi connectivity index (χ3v) is 10.5. The second-order valence-electron chi connectivity index (χ2n) is 11.7. The van der Waals surface area contributed by atoms with Crippen LogP contribution >= 0.6 is 0 Å². The highest BCUT2D eigenvalue weighted by atomic mass is 16.5. The van der Waals surface area contributed by atoms with Gasteiger partial charge in [-0.25, -0.2) is 0 Å². The third-order valence-electron chi connectivity index (χ3n) is 10.5. The van der Waals surface area contributed by atoms with Gasteiger partial charge in [0.25, 0.3) is 0 Å². The van der Waals surface area contributed by atoms with E-state index in [0.717, 1.165) is 25.7 Å². The molecule has 0 aromatic carbocycles. The second-order valence-corrected chi connectivity index (χ2v) is 11.7. The molecule has 4 fully saturated rings. The van der Waals surface area contributed by atoms with Crippen LogP contribution in [0.2, 0.25) is 0 Å². The molecule has 0 aromatic rings. The number of carbonyl (C=O) groups is 1. The van der Waals surface area contributed by atoms with Gasteiger partial charge in [0.2, 0.25) is 0 Å². The van der Waals surface area contributed by atoms with Gasteiger partial charge in [0.1, 0.15) is 0 Å². The van der Waals surface area contributed by atoms with Crippen LogP contribution < -0.4 is 5.73 Å². The molecule has 4 saturated carbocycles. The highest BCUT2D eigenvalue weighted by molar-refractivity contribution is 5.69. The maximum atomic E-state index is 11.7. The first-order chi connectivity index (χ1) is 13.7. The normalized spacial score (nSPS) is 50.2. The van der Waals surface area contributed by atoms with E-state index in [1.165, 1.54) is 39.2 Å². The van der Waals surface area contributed by atoms with E-state index in [1.54, 1.807) is 0 Å². The van der Waals surface area contributed by atoms with E-state index >= 15 is 0 Å². The number of fused-ring (bicyclic) bond motifs is 5. The van der Waals surface area contributed by atoms with Crippen molar-refractivity contribution in [2.75, 3.05) is 7.11 Å². The van der Waals surface area contributed by atoms with Crippen molar-refractivity contribution in [1.29, 1.82) is 0 Å². The molecular formula is C25H43NO3. The molecule has 0 amide bonds. The molecule has 10 atom stereocenters. The summed E-state index contributed by atoms with van der Waals surface area (Å²) >= 11 is 0. The number of aliphatic hydroxyl groups excluding tert-OH is 1. The number of hydrogen-bond acceptors (Lipinski definition) is 4. The zero-order valence-corrected chi connectivity index (χ0v) is 19.0. The molecule has 0 radical (unpaired) electrons. The Kier molecular flexibility index (Phi) is 5.83. The van der Waals surface area contributed by atoms with Crippen LogP contribution in [0.4, 0.5) is 0 Å². The van der Waals surface area contributed by atoms with Gasteiger partial charge in [-0.2, -0.15) is 0 Å². The van der Waals surface area contributed by atoms with E-state index in [0.29, 0.717) is 58.8 Å². The van der Waals surface area contributed by atoms with E-state index in [4.69, 9.17) is 10.5 Å². The molecule has 4 nitrogen and oxygen atoms in total. The number of rotatable bonds is 4. The molecule has 166 valence electrons. The minimum absolute atomic E-state index is 0.0857. The first-order valence-electron chi connectivity index (χ1n) is 12.2. The van der Waals surface area contributed by atoms with Crippen LogP contribution in [0.1, 0.15) is 85.0 Å². The summed E-state index contributed by atoms with van der Waals surface area (Å²) in [7, 11) is 1.48. The fraction of sp³-hybridized carbons (Fsp3) is 0.960. The van der Waals surface area contributed by atoms with Gasteiger partial charge in [0, 0.05) is 12.5 Å². The van der Waals surface area contributed by atoms with E-state index in [9.17, 15) is 9.90 Å². The Hall–Kier alpha value is -0.610. The van der Waals surface area contributed by atoms with Crippen molar-refractivity contribution in [3.8, 4) is 0 Å². The van der Waals surface area contributed by atoms with Crippen molar-refractivity contribution in [3.05, 3.63) is 0 Å².